The number of methoxy groups -OCH3 is 1. The fraction of sp³-hybridized carbons (Fsp3) is 0.636. The van der Waals surface area contributed by atoms with Crippen LogP contribution in [-0.4, -0.2) is 129 Å². The highest BCUT2D eigenvalue weighted by atomic mass is 16.7. The fourth-order valence-corrected chi connectivity index (χ4v) is 3.75. The minimum atomic E-state index is -1.69. The van der Waals surface area contributed by atoms with E-state index in [0.717, 1.165) is 0 Å². The molecule has 0 bridgehead atoms. The Hall–Kier alpha value is -1.88. The molecule has 35 heavy (non-hydrogen) atoms. The van der Waals surface area contributed by atoms with Gasteiger partial charge in [0.05, 0.1) is 26.9 Å². The largest absolute Gasteiger partial charge is 0.493 e. The molecule has 0 amide bonds. The van der Waals surface area contributed by atoms with E-state index in [4.69, 9.17) is 28.8 Å². The van der Waals surface area contributed by atoms with Gasteiger partial charge in [0.15, 0.2) is 17.8 Å². The Balaban J connectivity index is 1.69. The summed E-state index contributed by atoms with van der Waals surface area (Å²) < 4.78 is 27.2. The Labute approximate surface area is 200 Å². The lowest BCUT2D eigenvalue weighted by molar-refractivity contribution is -0.323. The molecule has 13 nitrogen and oxygen atoms in total. The lowest BCUT2D eigenvalue weighted by atomic mass is 9.98. The molecule has 2 heterocycles. The van der Waals surface area contributed by atoms with Crippen molar-refractivity contribution in [2.45, 2.75) is 61.4 Å². The highest BCUT2D eigenvalue weighted by molar-refractivity contribution is 5.56. The van der Waals surface area contributed by atoms with E-state index in [1.165, 1.54) is 19.3 Å². The molecular weight excluding hydrogens is 472 g/mol. The van der Waals surface area contributed by atoms with Crippen LogP contribution in [0.5, 0.6) is 11.5 Å². The van der Waals surface area contributed by atoms with Crippen molar-refractivity contribution >= 4 is 6.08 Å². The van der Waals surface area contributed by atoms with Crippen LogP contribution in [0.1, 0.15) is 5.56 Å². The first-order valence-electron chi connectivity index (χ1n) is 11.0. The Bertz CT molecular complexity index is 834. The molecule has 0 aromatic heterocycles. The third kappa shape index (κ3) is 6.28. The normalized spacial score (nSPS) is 38.0. The van der Waals surface area contributed by atoms with Crippen LogP contribution in [0.4, 0.5) is 0 Å². The third-order valence-electron chi connectivity index (χ3n) is 5.79. The SMILES string of the molecule is COc1cc(C=CCO)ccc1OC1OC(COC2OC(CO)C(O)C(O)C2O)C(O)C(O)C1O. The molecule has 1 aromatic carbocycles. The van der Waals surface area contributed by atoms with E-state index in [1.807, 2.05) is 0 Å². The molecule has 3 rings (SSSR count). The number of benzene rings is 1. The zero-order valence-corrected chi connectivity index (χ0v) is 18.9. The Morgan fingerprint density at radius 2 is 1.43 bits per heavy atom. The molecule has 10 atom stereocenters. The minimum Gasteiger partial charge on any atom is -0.493 e. The quantitative estimate of drug-likeness (QED) is 0.166. The molecule has 2 fully saturated rings. The molecule has 8 N–H and O–H groups in total. The van der Waals surface area contributed by atoms with Crippen molar-refractivity contribution in [1.82, 2.24) is 0 Å². The number of hydrogen-bond donors (Lipinski definition) is 8. The van der Waals surface area contributed by atoms with Gasteiger partial charge in [0, 0.05) is 0 Å². The van der Waals surface area contributed by atoms with Crippen LogP contribution >= 0.6 is 0 Å². The van der Waals surface area contributed by atoms with E-state index in [1.54, 1.807) is 18.2 Å². The topological polar surface area (TPSA) is 208 Å². The van der Waals surface area contributed by atoms with Gasteiger partial charge in [0.1, 0.15) is 48.8 Å². The van der Waals surface area contributed by atoms with Crippen LogP contribution in [0.3, 0.4) is 0 Å². The zero-order valence-electron chi connectivity index (χ0n) is 18.9. The number of ether oxygens (including phenoxy) is 5. The number of aliphatic hydroxyl groups excluding tert-OH is 8. The van der Waals surface area contributed by atoms with Crippen LogP contribution in [0.25, 0.3) is 6.08 Å². The van der Waals surface area contributed by atoms with E-state index in [-0.39, 0.29) is 18.1 Å². The average Bonchev–Trinajstić information content (AvgIpc) is 2.87. The summed E-state index contributed by atoms with van der Waals surface area (Å²) in [6.45, 7) is -1.27. The van der Waals surface area contributed by atoms with Crippen molar-refractivity contribution < 1.29 is 64.5 Å². The molecule has 13 heteroatoms. The Morgan fingerprint density at radius 3 is 2.06 bits per heavy atom. The summed E-state index contributed by atoms with van der Waals surface area (Å²) in [6.07, 6.45) is -12.0. The Kier molecular flexibility index (Phi) is 9.80. The summed E-state index contributed by atoms with van der Waals surface area (Å²) in [5, 5.41) is 79.1. The maximum atomic E-state index is 10.4. The molecule has 0 spiro atoms. The van der Waals surface area contributed by atoms with Gasteiger partial charge < -0.3 is 64.5 Å². The molecule has 2 aliphatic rings. The number of hydrogen-bond acceptors (Lipinski definition) is 13. The summed E-state index contributed by atoms with van der Waals surface area (Å²) in [5.41, 5.74) is 0.703. The lowest BCUT2D eigenvalue weighted by Gasteiger charge is -2.42. The van der Waals surface area contributed by atoms with Crippen molar-refractivity contribution in [3.8, 4) is 11.5 Å². The van der Waals surface area contributed by atoms with Crippen molar-refractivity contribution in [2.75, 3.05) is 26.9 Å². The van der Waals surface area contributed by atoms with Gasteiger partial charge in [-0.3, -0.25) is 0 Å². The van der Waals surface area contributed by atoms with Crippen molar-refractivity contribution in [3.63, 3.8) is 0 Å². The molecule has 0 saturated carbocycles. The summed E-state index contributed by atoms with van der Waals surface area (Å²) in [7, 11) is 1.40. The first kappa shape index (κ1) is 27.7. The summed E-state index contributed by atoms with van der Waals surface area (Å²) in [6, 6.07) is 4.80. The maximum absolute atomic E-state index is 10.4. The van der Waals surface area contributed by atoms with Crippen molar-refractivity contribution in [1.29, 1.82) is 0 Å². The van der Waals surface area contributed by atoms with Gasteiger partial charge in [0.2, 0.25) is 6.29 Å². The highest BCUT2D eigenvalue weighted by Crippen LogP contribution is 2.33. The standard InChI is InChI=1S/C22H32O13/c1-31-12-7-10(3-2-6-23)4-5-11(12)33-22-20(30)18(28)16(26)14(35-22)9-32-21-19(29)17(27)15(25)13(8-24)34-21/h2-5,7,13-30H,6,8-9H2,1H3. The van der Waals surface area contributed by atoms with Crippen molar-refractivity contribution in [3.05, 3.63) is 29.8 Å². The van der Waals surface area contributed by atoms with E-state index >= 15 is 0 Å². The van der Waals surface area contributed by atoms with Crippen LogP contribution in [0.15, 0.2) is 24.3 Å². The second-order valence-corrected chi connectivity index (χ2v) is 8.16. The van der Waals surface area contributed by atoms with Gasteiger partial charge in [-0.25, -0.2) is 0 Å². The van der Waals surface area contributed by atoms with Gasteiger partial charge >= 0.3 is 0 Å². The fourth-order valence-electron chi connectivity index (χ4n) is 3.75. The smallest absolute Gasteiger partial charge is 0.229 e. The first-order valence-corrected chi connectivity index (χ1v) is 11.0. The molecule has 2 aliphatic heterocycles. The van der Waals surface area contributed by atoms with Crippen molar-refractivity contribution in [2.24, 2.45) is 0 Å². The molecule has 198 valence electrons. The number of aliphatic hydroxyl groups is 8. The monoisotopic (exact) mass is 504 g/mol. The van der Waals surface area contributed by atoms with E-state index in [2.05, 4.69) is 0 Å². The van der Waals surface area contributed by atoms with Crippen LogP contribution in [0.2, 0.25) is 0 Å². The van der Waals surface area contributed by atoms with E-state index < -0.39 is 74.6 Å². The Morgan fingerprint density at radius 1 is 0.800 bits per heavy atom. The molecule has 0 radical (unpaired) electrons. The van der Waals surface area contributed by atoms with Crippen LogP contribution in [0, 0.1) is 0 Å². The first-order chi connectivity index (χ1) is 16.7. The molecule has 2 saturated heterocycles. The van der Waals surface area contributed by atoms with E-state index in [9.17, 15) is 35.7 Å². The molecular formula is C22H32O13. The predicted molar refractivity (Wildman–Crippen MR) is 116 cm³/mol. The summed E-state index contributed by atoms with van der Waals surface area (Å²) in [5.74, 6) is 0.436. The minimum absolute atomic E-state index is 0.143. The lowest BCUT2D eigenvalue weighted by Crippen LogP contribution is -2.62. The third-order valence-corrected chi connectivity index (χ3v) is 5.79. The van der Waals surface area contributed by atoms with E-state index in [0.29, 0.717) is 5.56 Å². The second kappa shape index (κ2) is 12.4. The predicted octanol–water partition coefficient (Wildman–Crippen LogP) is -3.30. The van der Waals surface area contributed by atoms with Gasteiger partial charge in [-0.2, -0.15) is 0 Å². The van der Waals surface area contributed by atoms with Gasteiger partial charge in [-0.1, -0.05) is 18.2 Å². The maximum Gasteiger partial charge on any atom is 0.229 e. The summed E-state index contributed by atoms with van der Waals surface area (Å²) in [4.78, 5) is 0. The van der Waals surface area contributed by atoms with Crippen LogP contribution < -0.4 is 9.47 Å². The van der Waals surface area contributed by atoms with Gasteiger partial charge in [-0.05, 0) is 17.7 Å². The summed E-state index contributed by atoms with van der Waals surface area (Å²) >= 11 is 0. The van der Waals surface area contributed by atoms with Gasteiger partial charge in [0.25, 0.3) is 0 Å². The van der Waals surface area contributed by atoms with Crippen LogP contribution in [-0.2, 0) is 14.2 Å². The number of rotatable bonds is 9. The average molecular weight is 504 g/mol. The zero-order chi connectivity index (χ0) is 25.7. The highest BCUT2D eigenvalue weighted by Gasteiger charge is 2.48. The van der Waals surface area contributed by atoms with Gasteiger partial charge in [-0.15, -0.1) is 0 Å². The molecule has 1 aromatic rings. The second-order valence-electron chi connectivity index (χ2n) is 8.16. The molecule has 10 unspecified atom stereocenters. The molecule has 0 aliphatic carbocycles.